The number of aryl methyl sites for hydroxylation is 1. The molecular weight excluding hydrogens is 1010 g/mol. The molecule has 0 bridgehead atoms. The molecule has 0 unspecified atom stereocenters. The highest BCUT2D eigenvalue weighted by molar-refractivity contribution is 7.33. The second-order valence-electron chi connectivity index (χ2n) is 31.6. The first-order chi connectivity index (χ1) is 40.3. The van der Waals surface area contributed by atoms with Gasteiger partial charge in [0.15, 0.2) is 0 Å². The number of para-hydroxylation sites is 1. The van der Waals surface area contributed by atoms with E-state index >= 15 is 0 Å². The Hall–Kier alpha value is -6.04. The van der Waals surface area contributed by atoms with Crippen LogP contribution in [0.2, 0.25) is 0 Å². The zero-order valence-corrected chi connectivity index (χ0v) is 53.6. The molecule has 0 spiro atoms. The van der Waals surface area contributed by atoms with Crippen LogP contribution in [0, 0.1) is 6.92 Å². The lowest BCUT2D eigenvalue weighted by Crippen LogP contribution is -2.60. The zero-order valence-electron chi connectivity index (χ0n) is 57.8. The van der Waals surface area contributed by atoms with Gasteiger partial charge in [-0.05, 0) is 223 Å². The van der Waals surface area contributed by atoms with E-state index in [9.17, 15) is 5.48 Å². The summed E-state index contributed by atoms with van der Waals surface area (Å²) in [5.41, 5.74) is 22.0. The van der Waals surface area contributed by atoms with Crippen molar-refractivity contribution in [3.05, 3.63) is 177 Å². The fraction of sp³-hybridized carbons (Fsp3) is 0.429. The van der Waals surface area contributed by atoms with Gasteiger partial charge in [0, 0.05) is 54.7 Å². The molecule has 0 N–H and O–H groups in total. The van der Waals surface area contributed by atoms with E-state index in [1.165, 1.54) is 76.0 Å². The first-order valence-corrected chi connectivity index (χ1v) is 31.5. The molecule has 8 aromatic rings. The third kappa shape index (κ3) is 8.52. The summed E-state index contributed by atoms with van der Waals surface area (Å²) < 4.78 is 49.8. The molecule has 3 heterocycles. The van der Waals surface area contributed by atoms with E-state index in [2.05, 4.69) is 238 Å². The van der Waals surface area contributed by atoms with Gasteiger partial charge >= 0.3 is 0 Å². The predicted molar refractivity (Wildman–Crippen MR) is 359 cm³/mol. The monoisotopic (exact) mass is 1100 g/mol. The van der Waals surface area contributed by atoms with Gasteiger partial charge in [0.05, 0.1) is 18.2 Å². The number of rotatable bonds is 5. The summed E-state index contributed by atoms with van der Waals surface area (Å²) in [6.07, 6.45) is 6.58. The van der Waals surface area contributed by atoms with Gasteiger partial charge in [0.25, 0.3) is 6.71 Å². The summed E-state index contributed by atoms with van der Waals surface area (Å²) in [5, 5.41) is 1.25. The fourth-order valence-electron chi connectivity index (χ4n) is 15.2. The van der Waals surface area contributed by atoms with Crippen LogP contribution in [0.15, 0.2) is 127 Å². The summed E-state index contributed by atoms with van der Waals surface area (Å²) in [7, 11) is 0. The number of nitrogens with zero attached hydrogens (tertiary/aromatic N) is 3. The van der Waals surface area contributed by atoms with Gasteiger partial charge in [-0.2, -0.15) is 0 Å². The first kappa shape index (κ1) is 49.4. The molecule has 82 heavy (non-hydrogen) atoms. The van der Waals surface area contributed by atoms with Gasteiger partial charge in [0.1, 0.15) is 0 Å². The maximum absolute atomic E-state index is 9.88. The number of hydrogen-bond donors (Lipinski definition) is 0. The standard InChI is InChI=1S/C77H90BN3S/c1-47-39-56-59(76(16,17)37-35-73(56,10)11)45-62(47)81-63-40-49(71(5,6)7)27-32-61(63)78-67-64(42-53(43-65(67)81)79(50-23-21-20-22-24-50)51-28-25-48(26-29-51)70(2,3)4)80(52-30-31-55-57(41-52)74(12,13)34-33-72(55,8)9)68-54-44-58-60(46-66(54)82-69(68)78)77(18,19)38-36-75(58,14)15/h20-32,39-46H,33-38H2,1-19H3/i20D,21D,22D,23D,24D. The molecule has 1 aromatic heterocycles. The normalized spacial score (nSPS) is 20.2. The van der Waals surface area contributed by atoms with Crippen LogP contribution >= 0.6 is 11.3 Å². The molecule has 0 atom stereocenters. The van der Waals surface area contributed by atoms with Crippen molar-refractivity contribution in [2.75, 3.05) is 14.7 Å². The summed E-state index contributed by atoms with van der Waals surface area (Å²) in [5.74, 6) is 0. The third-order valence-electron chi connectivity index (χ3n) is 21.0. The molecule has 13 rings (SSSR count). The Morgan fingerprint density at radius 1 is 0.463 bits per heavy atom. The Bertz CT molecular complexity index is 4210. The van der Waals surface area contributed by atoms with E-state index in [4.69, 9.17) is 1.37 Å². The van der Waals surface area contributed by atoms with Gasteiger partial charge in [-0.25, -0.2) is 0 Å². The van der Waals surface area contributed by atoms with Crippen LogP contribution in [-0.4, -0.2) is 6.71 Å². The zero-order chi connectivity index (χ0) is 62.7. The van der Waals surface area contributed by atoms with Gasteiger partial charge in [-0.15, -0.1) is 11.3 Å². The smallest absolute Gasteiger partial charge is 0.264 e. The van der Waals surface area contributed by atoms with E-state index < -0.39 is 6.04 Å². The molecule has 0 radical (unpaired) electrons. The summed E-state index contributed by atoms with van der Waals surface area (Å²) in [6, 6.07) is 36.3. The van der Waals surface area contributed by atoms with Gasteiger partial charge in [0.2, 0.25) is 0 Å². The van der Waals surface area contributed by atoms with Crippen molar-refractivity contribution < 1.29 is 6.85 Å². The maximum Gasteiger partial charge on any atom is 0.264 e. The summed E-state index contributed by atoms with van der Waals surface area (Å²) in [4.78, 5) is 7.17. The van der Waals surface area contributed by atoms with Crippen molar-refractivity contribution >= 4 is 95.0 Å². The number of benzene rings is 7. The van der Waals surface area contributed by atoms with E-state index in [1.807, 2.05) is 16.2 Å². The largest absolute Gasteiger partial charge is 0.311 e. The summed E-state index contributed by atoms with van der Waals surface area (Å²) >= 11 is 1.97. The van der Waals surface area contributed by atoms with Gasteiger partial charge < -0.3 is 14.7 Å². The van der Waals surface area contributed by atoms with Gasteiger partial charge in [-0.3, -0.25) is 0 Å². The fourth-order valence-corrected chi connectivity index (χ4v) is 16.5. The van der Waals surface area contributed by atoms with Crippen molar-refractivity contribution in [2.24, 2.45) is 0 Å². The molecule has 0 saturated heterocycles. The lowest BCUT2D eigenvalue weighted by atomic mass is 9.36. The van der Waals surface area contributed by atoms with E-state index in [-0.39, 0.29) is 79.9 Å². The Morgan fingerprint density at radius 2 is 0.963 bits per heavy atom. The minimum Gasteiger partial charge on any atom is -0.311 e. The quantitative estimate of drug-likeness (QED) is 0.159. The highest BCUT2D eigenvalue weighted by Gasteiger charge is 2.49. The molecule has 7 aromatic carbocycles. The highest BCUT2D eigenvalue weighted by Crippen LogP contribution is 2.57. The van der Waals surface area contributed by atoms with Crippen LogP contribution in [0.4, 0.5) is 51.2 Å². The topological polar surface area (TPSA) is 9.72 Å². The van der Waals surface area contributed by atoms with E-state index in [1.54, 1.807) is 0 Å². The number of thiophene rings is 1. The average Bonchev–Trinajstić information content (AvgIpc) is 1.68. The number of fused-ring (bicyclic) bond motifs is 9. The number of anilines is 9. The summed E-state index contributed by atoms with van der Waals surface area (Å²) in [6.45, 7) is 44.8. The van der Waals surface area contributed by atoms with Crippen molar-refractivity contribution in [1.82, 2.24) is 0 Å². The molecule has 5 heteroatoms. The molecule has 3 nitrogen and oxygen atoms in total. The number of hydrogen-bond acceptors (Lipinski definition) is 4. The van der Waals surface area contributed by atoms with Crippen molar-refractivity contribution in [2.45, 2.75) is 213 Å². The minimum absolute atomic E-state index is 0.000886. The van der Waals surface area contributed by atoms with Crippen LogP contribution in [-0.2, 0) is 43.3 Å². The molecule has 3 aliphatic carbocycles. The second kappa shape index (κ2) is 18.0. The van der Waals surface area contributed by atoms with Crippen LogP contribution in [0.1, 0.15) is 220 Å². The Morgan fingerprint density at radius 3 is 1.54 bits per heavy atom. The lowest BCUT2D eigenvalue weighted by molar-refractivity contribution is 0.332. The van der Waals surface area contributed by atoms with Crippen LogP contribution in [0.25, 0.3) is 10.1 Å². The lowest BCUT2D eigenvalue weighted by Gasteiger charge is -2.47. The van der Waals surface area contributed by atoms with Crippen LogP contribution in [0.5, 0.6) is 0 Å². The second-order valence-corrected chi connectivity index (χ2v) is 32.6. The predicted octanol–water partition coefficient (Wildman–Crippen LogP) is 20.4. The molecular formula is C77H90BN3S. The Labute approximate surface area is 504 Å². The maximum atomic E-state index is 9.88. The SMILES string of the molecule is [2H]c1c([2H])c([2H])c(N(c2ccc(C(C)(C)C)cc2)c2cc3c4c(c2)N(c2ccc5c(c2)C(C)(C)CCC5(C)C)c2c(sc5cc6c(cc25)C(C)(C)CCC6(C)C)B4c2ccc(C(C)(C)C)cc2N3c2cc3c(cc2C)C(C)(C)CCC3(C)C)c([2H])c1[2H]. The minimum atomic E-state index is -0.415. The highest BCUT2D eigenvalue weighted by atomic mass is 32.1. The first-order valence-electron chi connectivity index (χ1n) is 33.2. The average molecular weight is 1110 g/mol. The van der Waals surface area contributed by atoms with Crippen molar-refractivity contribution in [1.29, 1.82) is 0 Å². The molecule has 2 aliphatic heterocycles. The van der Waals surface area contributed by atoms with Gasteiger partial charge in [-0.1, -0.05) is 179 Å². The van der Waals surface area contributed by atoms with Crippen LogP contribution in [0.3, 0.4) is 0 Å². The molecule has 5 aliphatic rings. The van der Waals surface area contributed by atoms with E-state index in [0.29, 0.717) is 11.4 Å². The third-order valence-corrected chi connectivity index (χ3v) is 22.2. The van der Waals surface area contributed by atoms with E-state index in [0.717, 1.165) is 72.5 Å². The van der Waals surface area contributed by atoms with Crippen LogP contribution < -0.4 is 30.4 Å². The van der Waals surface area contributed by atoms with Crippen molar-refractivity contribution in [3.63, 3.8) is 0 Å². The molecule has 0 saturated carbocycles. The Balaban J connectivity index is 1.24. The molecule has 422 valence electrons. The molecule has 0 fully saturated rings. The van der Waals surface area contributed by atoms with Crippen molar-refractivity contribution in [3.8, 4) is 0 Å². The molecule has 0 amide bonds. The Kier molecular flexibility index (Phi) is 10.8.